The van der Waals surface area contributed by atoms with Crippen molar-refractivity contribution in [3.8, 4) is 11.1 Å². The highest BCUT2D eigenvalue weighted by molar-refractivity contribution is 6.74. The van der Waals surface area contributed by atoms with Crippen LogP contribution in [0, 0.1) is 19.8 Å². The molecule has 7 rings (SSSR count). The Bertz CT molecular complexity index is 1820. The average Bonchev–Trinajstić information content (AvgIpc) is 3.50. The van der Waals surface area contributed by atoms with Crippen molar-refractivity contribution in [1.82, 2.24) is 14.7 Å². The Labute approximate surface area is 267 Å². The van der Waals surface area contributed by atoms with Crippen LogP contribution in [0.4, 0.5) is 0 Å². The molecule has 8 heteroatoms. The molecule has 7 nitrogen and oxygen atoms in total. The van der Waals surface area contributed by atoms with Crippen molar-refractivity contribution in [2.24, 2.45) is 5.92 Å². The Morgan fingerprint density at radius 3 is 2.31 bits per heavy atom. The molecule has 0 aliphatic carbocycles. The van der Waals surface area contributed by atoms with Crippen LogP contribution in [0.15, 0.2) is 65.3 Å². The highest BCUT2D eigenvalue weighted by Gasteiger charge is 2.50. The molecule has 5 heterocycles. The van der Waals surface area contributed by atoms with Gasteiger partial charge in [0.1, 0.15) is 11.4 Å². The topological polar surface area (TPSA) is 71.5 Å². The summed E-state index contributed by atoms with van der Waals surface area (Å²) in [6, 6.07) is 20.2. The molecule has 2 saturated heterocycles. The Morgan fingerprint density at radius 2 is 1.69 bits per heavy atom. The van der Waals surface area contributed by atoms with Crippen LogP contribution in [0.2, 0.25) is 18.1 Å². The summed E-state index contributed by atoms with van der Waals surface area (Å²) >= 11 is 0. The van der Waals surface area contributed by atoms with E-state index in [2.05, 4.69) is 98.2 Å². The first-order valence-corrected chi connectivity index (χ1v) is 19.2. The molecule has 5 aromatic rings. The van der Waals surface area contributed by atoms with Crippen molar-refractivity contribution in [1.29, 1.82) is 0 Å². The van der Waals surface area contributed by atoms with Gasteiger partial charge in [-0.1, -0.05) is 68.4 Å². The van der Waals surface area contributed by atoms with Gasteiger partial charge < -0.3 is 23.0 Å². The van der Waals surface area contributed by atoms with Gasteiger partial charge >= 0.3 is 0 Å². The number of nitrogens with zero attached hydrogens (tertiary/aromatic N) is 3. The lowest BCUT2D eigenvalue weighted by Gasteiger charge is -2.50. The molecule has 0 saturated carbocycles. The number of aryl methyl sites for hydroxylation is 2. The molecular weight excluding hydrogens is 579 g/mol. The van der Waals surface area contributed by atoms with Gasteiger partial charge in [0.25, 0.3) is 0 Å². The van der Waals surface area contributed by atoms with E-state index in [0.717, 1.165) is 65.1 Å². The van der Waals surface area contributed by atoms with Crippen LogP contribution in [-0.2, 0) is 19.5 Å². The summed E-state index contributed by atoms with van der Waals surface area (Å²) in [5, 5.41) is 5.49. The molecule has 0 radical (unpaired) electrons. The summed E-state index contributed by atoms with van der Waals surface area (Å²) in [6.07, 6.45) is 3.98. The number of aromatic nitrogens is 3. The van der Waals surface area contributed by atoms with Crippen molar-refractivity contribution in [3.63, 3.8) is 0 Å². The van der Waals surface area contributed by atoms with E-state index in [1.54, 1.807) is 0 Å². The lowest BCUT2D eigenvalue weighted by molar-refractivity contribution is -0.174. The minimum Gasteiger partial charge on any atom is -0.403 e. The molecule has 1 unspecified atom stereocenters. The van der Waals surface area contributed by atoms with Gasteiger partial charge in [-0.05, 0) is 74.0 Å². The van der Waals surface area contributed by atoms with Gasteiger partial charge in [0.15, 0.2) is 8.32 Å². The Morgan fingerprint density at radius 1 is 0.956 bits per heavy atom. The fourth-order valence-electron chi connectivity index (χ4n) is 7.05. The van der Waals surface area contributed by atoms with Crippen molar-refractivity contribution >= 4 is 30.3 Å². The third kappa shape index (κ3) is 5.16. The fraction of sp³-hybridized carbons (Fsp3) is 0.459. The number of hydrogen-bond acceptors (Lipinski definition) is 6. The van der Waals surface area contributed by atoms with Gasteiger partial charge in [-0.25, -0.2) is 0 Å². The largest absolute Gasteiger partial charge is 0.403 e. The first kappa shape index (κ1) is 30.4. The maximum Gasteiger partial charge on any atom is 0.193 e. The number of ether oxygens (including phenoxy) is 2. The van der Waals surface area contributed by atoms with Crippen LogP contribution in [0.5, 0.6) is 0 Å². The minimum absolute atomic E-state index is 0.0918. The van der Waals surface area contributed by atoms with E-state index in [4.69, 9.17) is 23.4 Å². The summed E-state index contributed by atoms with van der Waals surface area (Å²) in [6.45, 7) is 18.2. The first-order chi connectivity index (χ1) is 21.5. The summed E-state index contributed by atoms with van der Waals surface area (Å²) in [7, 11) is -2.08. The van der Waals surface area contributed by atoms with Gasteiger partial charge in [0.2, 0.25) is 0 Å². The van der Waals surface area contributed by atoms with Crippen molar-refractivity contribution in [3.05, 3.63) is 83.4 Å². The monoisotopic (exact) mass is 623 g/mol. The number of rotatable bonds is 7. The van der Waals surface area contributed by atoms with Crippen molar-refractivity contribution in [2.45, 2.75) is 77.2 Å². The zero-order chi connectivity index (χ0) is 31.6. The third-order valence-corrected chi connectivity index (χ3v) is 15.1. The molecule has 1 atom stereocenters. The molecule has 3 aromatic heterocycles. The number of fused-ring (bicyclic) bond motifs is 3. The third-order valence-electron chi connectivity index (χ3n) is 10.5. The first-order valence-electron chi connectivity index (χ1n) is 16.3. The van der Waals surface area contributed by atoms with Gasteiger partial charge in [0, 0.05) is 35.9 Å². The maximum atomic E-state index is 7.19. The molecule has 0 bridgehead atoms. The summed E-state index contributed by atoms with van der Waals surface area (Å²) in [5.41, 5.74) is 8.23. The standard InChI is InChI=1S/C37H45N3O4Si/c1-24-33(25(2)43-39-24)28-19-32-34(38-21-28)30-14-13-29(37(22-42-23-37)44-45(6,7)36(3,4)5)20-31(30)40(32)35(26-11-9-8-10-12-26)27-15-17-41-18-16-27/h8-14,19-21,27,35H,15-18,22-23H2,1-7H3. The van der Waals surface area contributed by atoms with E-state index < -0.39 is 13.9 Å². The minimum atomic E-state index is -2.08. The zero-order valence-corrected chi connectivity index (χ0v) is 28.6. The quantitative estimate of drug-likeness (QED) is 0.169. The fourth-order valence-corrected chi connectivity index (χ4v) is 8.57. The maximum absolute atomic E-state index is 7.19. The van der Waals surface area contributed by atoms with Crippen molar-refractivity contribution < 1.29 is 18.4 Å². The summed E-state index contributed by atoms with van der Waals surface area (Å²) in [5.74, 6) is 1.22. The predicted octanol–water partition coefficient (Wildman–Crippen LogP) is 8.72. The summed E-state index contributed by atoms with van der Waals surface area (Å²) < 4.78 is 27.1. The summed E-state index contributed by atoms with van der Waals surface area (Å²) in [4.78, 5) is 5.14. The second kappa shape index (κ2) is 11.2. The van der Waals surface area contributed by atoms with E-state index in [1.165, 1.54) is 16.6 Å². The Kier molecular flexibility index (Phi) is 7.55. The molecule has 2 aliphatic rings. The van der Waals surface area contributed by atoms with Crippen LogP contribution in [0.3, 0.4) is 0 Å². The molecule has 0 spiro atoms. The van der Waals surface area contributed by atoms with Crippen LogP contribution in [0.1, 0.15) is 62.2 Å². The second-order valence-corrected chi connectivity index (χ2v) is 19.3. The number of pyridine rings is 1. The lowest BCUT2D eigenvalue weighted by atomic mass is 9.86. The van der Waals surface area contributed by atoms with Crippen LogP contribution >= 0.6 is 0 Å². The number of benzene rings is 2. The SMILES string of the molecule is Cc1noc(C)c1-c1cnc2c3ccc(C4(O[Si](C)(C)C(C)(C)C)COC4)cc3n(C(c3ccccc3)C3CCOCC3)c2c1. The van der Waals surface area contributed by atoms with Crippen molar-refractivity contribution in [2.75, 3.05) is 26.4 Å². The van der Waals surface area contributed by atoms with Crippen LogP contribution < -0.4 is 0 Å². The Hall–Kier alpha value is -3.30. The number of hydrogen-bond donors (Lipinski definition) is 0. The highest BCUT2D eigenvalue weighted by Crippen LogP contribution is 2.47. The molecule has 2 aliphatic heterocycles. The van der Waals surface area contributed by atoms with Gasteiger partial charge in [0.05, 0.1) is 41.5 Å². The predicted molar refractivity (Wildman–Crippen MR) is 181 cm³/mol. The highest BCUT2D eigenvalue weighted by atomic mass is 28.4. The molecule has 0 amide bonds. The van der Waals surface area contributed by atoms with Gasteiger partial charge in [-0.3, -0.25) is 4.98 Å². The zero-order valence-electron chi connectivity index (χ0n) is 27.6. The molecule has 45 heavy (non-hydrogen) atoms. The van der Waals surface area contributed by atoms with Gasteiger partial charge in [-0.2, -0.15) is 0 Å². The van der Waals surface area contributed by atoms with E-state index in [1.807, 2.05) is 20.0 Å². The van der Waals surface area contributed by atoms with E-state index in [0.29, 0.717) is 19.1 Å². The second-order valence-electron chi connectivity index (χ2n) is 14.5. The van der Waals surface area contributed by atoms with E-state index in [9.17, 15) is 0 Å². The normalized spacial score (nSPS) is 18.4. The Balaban J connectivity index is 1.49. The van der Waals surface area contributed by atoms with Gasteiger partial charge in [-0.15, -0.1) is 0 Å². The van der Waals surface area contributed by atoms with E-state index in [-0.39, 0.29) is 11.1 Å². The van der Waals surface area contributed by atoms with Crippen LogP contribution in [-0.4, -0.2) is 49.5 Å². The average molecular weight is 624 g/mol. The smallest absolute Gasteiger partial charge is 0.193 e. The van der Waals surface area contributed by atoms with Crippen LogP contribution in [0.25, 0.3) is 33.1 Å². The van der Waals surface area contributed by atoms with E-state index >= 15 is 0 Å². The lowest BCUT2D eigenvalue weighted by Crippen LogP contribution is -2.57. The molecule has 2 aromatic carbocycles. The molecular formula is C37H45N3O4Si. The molecule has 236 valence electrons. The molecule has 2 fully saturated rings. The molecule has 0 N–H and O–H groups in total.